The van der Waals surface area contributed by atoms with Gasteiger partial charge in [0.05, 0.1) is 13.7 Å². The average molecular weight is 289 g/mol. The molecule has 90 valence electrons. The van der Waals surface area contributed by atoms with E-state index >= 15 is 0 Å². The number of unbranched alkanes of at least 4 members (excludes halogenated alkanes) is 2. The quantitative estimate of drug-likeness (QED) is 0.784. The summed E-state index contributed by atoms with van der Waals surface area (Å²) in [5, 5.41) is 8.63. The monoisotopic (exact) mass is 288 g/mol. The van der Waals surface area contributed by atoms with E-state index in [1.54, 1.807) is 7.11 Å². The Balaban J connectivity index is 2.42. The third-order valence-electron chi connectivity index (χ3n) is 2.19. The Hall–Kier alpha value is -0.740. The fourth-order valence-corrected chi connectivity index (χ4v) is 1.68. The van der Waals surface area contributed by atoms with E-state index in [9.17, 15) is 0 Å². The van der Waals surface area contributed by atoms with Gasteiger partial charge in [0, 0.05) is 11.1 Å². The van der Waals surface area contributed by atoms with E-state index in [0.29, 0.717) is 6.61 Å². The van der Waals surface area contributed by atoms with Crippen LogP contribution in [-0.2, 0) is 0 Å². The van der Waals surface area contributed by atoms with Crippen LogP contribution >= 0.6 is 15.9 Å². The summed E-state index contributed by atoms with van der Waals surface area (Å²) < 4.78 is 11.8. The van der Waals surface area contributed by atoms with E-state index in [1.165, 1.54) is 0 Å². The summed E-state index contributed by atoms with van der Waals surface area (Å²) in [5.41, 5.74) is 0. The minimum absolute atomic E-state index is 0.250. The molecule has 0 aliphatic rings. The van der Waals surface area contributed by atoms with Gasteiger partial charge in [0.2, 0.25) is 0 Å². The smallest absolute Gasteiger partial charge is 0.162 e. The van der Waals surface area contributed by atoms with Gasteiger partial charge >= 0.3 is 0 Å². The lowest BCUT2D eigenvalue weighted by atomic mass is 10.2. The number of hydrogen-bond acceptors (Lipinski definition) is 3. The second-order valence-electron chi connectivity index (χ2n) is 3.43. The van der Waals surface area contributed by atoms with Gasteiger partial charge in [-0.1, -0.05) is 15.9 Å². The van der Waals surface area contributed by atoms with Gasteiger partial charge in [-0.05, 0) is 37.5 Å². The number of aliphatic hydroxyl groups is 1. The molecule has 0 saturated carbocycles. The normalized spacial score (nSPS) is 10.2. The van der Waals surface area contributed by atoms with Crippen LogP contribution in [0.5, 0.6) is 11.5 Å². The molecule has 0 unspecified atom stereocenters. The van der Waals surface area contributed by atoms with Crippen molar-refractivity contribution in [3.05, 3.63) is 22.7 Å². The highest BCUT2D eigenvalue weighted by molar-refractivity contribution is 9.10. The summed E-state index contributed by atoms with van der Waals surface area (Å²) in [6.45, 7) is 0.896. The Bertz CT molecular complexity index is 315. The van der Waals surface area contributed by atoms with Crippen LogP contribution in [-0.4, -0.2) is 25.4 Å². The van der Waals surface area contributed by atoms with Crippen LogP contribution in [0.3, 0.4) is 0 Å². The molecule has 1 aromatic carbocycles. The van der Waals surface area contributed by atoms with E-state index in [-0.39, 0.29) is 6.61 Å². The Morgan fingerprint density at radius 3 is 2.69 bits per heavy atom. The van der Waals surface area contributed by atoms with Crippen molar-refractivity contribution in [1.29, 1.82) is 0 Å². The van der Waals surface area contributed by atoms with Crippen molar-refractivity contribution in [2.45, 2.75) is 19.3 Å². The van der Waals surface area contributed by atoms with Crippen LogP contribution in [0.4, 0.5) is 0 Å². The van der Waals surface area contributed by atoms with E-state index in [2.05, 4.69) is 15.9 Å². The Morgan fingerprint density at radius 2 is 2.00 bits per heavy atom. The van der Waals surface area contributed by atoms with Crippen LogP contribution < -0.4 is 9.47 Å². The molecule has 0 aromatic heterocycles. The molecule has 16 heavy (non-hydrogen) atoms. The molecule has 3 nitrogen and oxygen atoms in total. The summed E-state index contributed by atoms with van der Waals surface area (Å²) in [6.07, 6.45) is 2.75. The number of rotatable bonds is 7. The number of methoxy groups -OCH3 is 1. The van der Waals surface area contributed by atoms with Crippen LogP contribution in [0.15, 0.2) is 22.7 Å². The van der Waals surface area contributed by atoms with Crippen LogP contribution in [0.1, 0.15) is 19.3 Å². The van der Waals surface area contributed by atoms with E-state index in [0.717, 1.165) is 35.2 Å². The third-order valence-corrected chi connectivity index (χ3v) is 2.68. The van der Waals surface area contributed by atoms with Crippen molar-refractivity contribution < 1.29 is 14.6 Å². The molecule has 0 saturated heterocycles. The standard InChI is InChI=1S/C12H17BrO3/c1-15-11-6-5-10(13)9-12(11)16-8-4-2-3-7-14/h5-6,9,14H,2-4,7-8H2,1H3. The molecule has 0 fully saturated rings. The second-order valence-corrected chi connectivity index (χ2v) is 4.34. The summed E-state index contributed by atoms with van der Waals surface area (Å²) >= 11 is 3.39. The molecule has 0 amide bonds. The number of benzene rings is 1. The van der Waals surface area contributed by atoms with Gasteiger partial charge in [0.1, 0.15) is 0 Å². The molecular formula is C12H17BrO3. The predicted octanol–water partition coefficient (Wildman–Crippen LogP) is 3.00. The summed E-state index contributed by atoms with van der Waals surface area (Å²) in [6, 6.07) is 5.68. The molecule has 0 aliphatic heterocycles. The van der Waals surface area contributed by atoms with Crippen molar-refractivity contribution in [2.24, 2.45) is 0 Å². The highest BCUT2D eigenvalue weighted by atomic mass is 79.9. The van der Waals surface area contributed by atoms with Gasteiger partial charge in [0.25, 0.3) is 0 Å². The Morgan fingerprint density at radius 1 is 1.19 bits per heavy atom. The first-order valence-corrected chi connectivity index (χ1v) is 6.14. The Labute approximate surface area is 105 Å². The van der Waals surface area contributed by atoms with Gasteiger partial charge in [-0.2, -0.15) is 0 Å². The van der Waals surface area contributed by atoms with Crippen LogP contribution in [0.2, 0.25) is 0 Å². The zero-order valence-corrected chi connectivity index (χ0v) is 11.0. The van der Waals surface area contributed by atoms with Gasteiger partial charge in [0.15, 0.2) is 11.5 Å². The lowest BCUT2D eigenvalue weighted by molar-refractivity contribution is 0.260. The molecule has 0 spiro atoms. The van der Waals surface area contributed by atoms with Gasteiger partial charge in [-0.15, -0.1) is 0 Å². The number of halogens is 1. The topological polar surface area (TPSA) is 38.7 Å². The van der Waals surface area contributed by atoms with E-state index < -0.39 is 0 Å². The Kier molecular flexibility index (Phi) is 6.26. The minimum Gasteiger partial charge on any atom is -0.493 e. The number of ether oxygens (including phenoxy) is 2. The van der Waals surface area contributed by atoms with Gasteiger partial charge in [-0.3, -0.25) is 0 Å². The SMILES string of the molecule is COc1ccc(Br)cc1OCCCCCO. The minimum atomic E-state index is 0.250. The summed E-state index contributed by atoms with van der Waals surface area (Å²) in [7, 11) is 1.63. The van der Waals surface area contributed by atoms with Gasteiger partial charge < -0.3 is 14.6 Å². The first-order valence-electron chi connectivity index (χ1n) is 5.35. The molecule has 0 atom stereocenters. The van der Waals surface area contributed by atoms with Crippen molar-refractivity contribution in [1.82, 2.24) is 0 Å². The zero-order chi connectivity index (χ0) is 11.8. The van der Waals surface area contributed by atoms with Crippen LogP contribution in [0.25, 0.3) is 0 Å². The molecule has 1 aromatic rings. The number of aliphatic hydroxyl groups excluding tert-OH is 1. The third kappa shape index (κ3) is 4.41. The molecule has 0 heterocycles. The average Bonchev–Trinajstić information content (AvgIpc) is 2.29. The maximum atomic E-state index is 8.63. The summed E-state index contributed by atoms with van der Waals surface area (Å²) in [4.78, 5) is 0. The largest absolute Gasteiger partial charge is 0.493 e. The molecule has 0 bridgehead atoms. The van der Waals surface area contributed by atoms with Crippen LogP contribution in [0, 0.1) is 0 Å². The van der Waals surface area contributed by atoms with Gasteiger partial charge in [-0.25, -0.2) is 0 Å². The second kappa shape index (κ2) is 7.52. The molecule has 1 N–H and O–H groups in total. The molecule has 1 rings (SSSR count). The van der Waals surface area contributed by atoms with Crippen molar-refractivity contribution in [3.8, 4) is 11.5 Å². The zero-order valence-electron chi connectivity index (χ0n) is 9.41. The molecular weight excluding hydrogens is 272 g/mol. The van der Waals surface area contributed by atoms with E-state index in [1.807, 2.05) is 18.2 Å². The molecule has 4 heteroatoms. The highest BCUT2D eigenvalue weighted by Gasteiger charge is 2.04. The fraction of sp³-hybridized carbons (Fsp3) is 0.500. The lowest BCUT2D eigenvalue weighted by Crippen LogP contribution is -1.99. The highest BCUT2D eigenvalue weighted by Crippen LogP contribution is 2.30. The maximum absolute atomic E-state index is 8.63. The fourth-order valence-electron chi connectivity index (χ4n) is 1.34. The number of hydrogen-bond donors (Lipinski definition) is 1. The first-order chi connectivity index (χ1) is 7.77. The molecule has 0 radical (unpaired) electrons. The first kappa shape index (κ1) is 13.3. The predicted molar refractivity (Wildman–Crippen MR) is 67.1 cm³/mol. The molecule has 0 aliphatic carbocycles. The van der Waals surface area contributed by atoms with E-state index in [4.69, 9.17) is 14.6 Å². The summed E-state index contributed by atoms with van der Waals surface area (Å²) in [5.74, 6) is 1.49. The van der Waals surface area contributed by atoms with Crippen molar-refractivity contribution in [2.75, 3.05) is 20.3 Å². The lowest BCUT2D eigenvalue weighted by Gasteiger charge is -2.10. The van der Waals surface area contributed by atoms with Crippen molar-refractivity contribution >= 4 is 15.9 Å². The maximum Gasteiger partial charge on any atom is 0.162 e. The van der Waals surface area contributed by atoms with Crippen molar-refractivity contribution in [3.63, 3.8) is 0 Å².